The fraction of sp³-hybridized carbons (Fsp3) is 0.440. The SMILES string of the molecule is CCNC(=O)[C@@H](CC)N(Cc1ccc(Cl)cc1)C(=O)CCCN(c1ccc(C)cc1)S(C)(=O)=O. The van der Waals surface area contributed by atoms with E-state index in [1.165, 1.54) is 4.31 Å². The van der Waals surface area contributed by atoms with Gasteiger partial charge in [-0.3, -0.25) is 13.9 Å². The van der Waals surface area contributed by atoms with Crippen molar-refractivity contribution in [2.24, 2.45) is 0 Å². The summed E-state index contributed by atoms with van der Waals surface area (Å²) in [5.74, 6) is -0.407. The van der Waals surface area contributed by atoms with Gasteiger partial charge in [-0.1, -0.05) is 48.4 Å². The Hall–Kier alpha value is -2.58. The normalized spacial score (nSPS) is 12.1. The molecule has 0 unspecified atom stereocenters. The number of sulfonamides is 1. The van der Waals surface area contributed by atoms with Crippen LogP contribution in [0.5, 0.6) is 0 Å². The monoisotopic (exact) mass is 507 g/mol. The zero-order chi connectivity index (χ0) is 25.3. The lowest BCUT2D eigenvalue weighted by molar-refractivity contribution is -0.141. The van der Waals surface area contributed by atoms with Crippen LogP contribution in [0.2, 0.25) is 5.02 Å². The van der Waals surface area contributed by atoms with Gasteiger partial charge in [0.25, 0.3) is 0 Å². The molecule has 2 aromatic carbocycles. The molecule has 9 heteroatoms. The Morgan fingerprint density at radius 2 is 1.65 bits per heavy atom. The van der Waals surface area contributed by atoms with Gasteiger partial charge in [0.15, 0.2) is 0 Å². The van der Waals surface area contributed by atoms with Crippen LogP contribution >= 0.6 is 11.6 Å². The second-order valence-corrected chi connectivity index (χ2v) is 10.6. The zero-order valence-electron chi connectivity index (χ0n) is 20.3. The number of amides is 2. The summed E-state index contributed by atoms with van der Waals surface area (Å²) in [6.07, 6.45) is 2.05. The van der Waals surface area contributed by atoms with Crippen LogP contribution in [-0.4, -0.2) is 50.5 Å². The number of aryl methyl sites for hydroxylation is 1. The minimum absolute atomic E-state index is 0.112. The van der Waals surface area contributed by atoms with E-state index in [9.17, 15) is 18.0 Å². The Morgan fingerprint density at radius 3 is 2.18 bits per heavy atom. The summed E-state index contributed by atoms with van der Waals surface area (Å²) in [4.78, 5) is 27.5. The highest BCUT2D eigenvalue weighted by Gasteiger charge is 2.28. The second kappa shape index (κ2) is 12.8. The van der Waals surface area contributed by atoms with Gasteiger partial charge in [-0.15, -0.1) is 0 Å². The third-order valence-corrected chi connectivity index (χ3v) is 6.92. The molecule has 7 nitrogen and oxygen atoms in total. The number of hydrogen-bond acceptors (Lipinski definition) is 4. The molecule has 0 heterocycles. The van der Waals surface area contributed by atoms with E-state index in [2.05, 4.69) is 5.32 Å². The van der Waals surface area contributed by atoms with Crippen molar-refractivity contribution in [3.63, 3.8) is 0 Å². The number of nitrogens with zero attached hydrogens (tertiary/aromatic N) is 2. The van der Waals surface area contributed by atoms with Crippen molar-refractivity contribution in [1.29, 1.82) is 0 Å². The first-order valence-corrected chi connectivity index (χ1v) is 13.7. The van der Waals surface area contributed by atoms with Crippen LogP contribution in [0.15, 0.2) is 48.5 Å². The van der Waals surface area contributed by atoms with Crippen LogP contribution in [0.1, 0.15) is 44.2 Å². The van der Waals surface area contributed by atoms with Crippen molar-refractivity contribution >= 4 is 39.1 Å². The topological polar surface area (TPSA) is 86.8 Å². The van der Waals surface area contributed by atoms with Crippen LogP contribution in [0, 0.1) is 6.92 Å². The summed E-state index contributed by atoms with van der Waals surface area (Å²) in [6, 6.07) is 13.8. The molecular weight excluding hydrogens is 474 g/mol. The molecule has 0 bridgehead atoms. The molecular formula is C25H34ClN3O4S. The quantitative estimate of drug-likeness (QED) is 0.467. The molecule has 0 fully saturated rings. The summed E-state index contributed by atoms with van der Waals surface area (Å²) in [5.41, 5.74) is 2.45. The number of carbonyl (C=O) groups is 2. The molecule has 0 aromatic heterocycles. The number of rotatable bonds is 12. The number of nitrogens with one attached hydrogen (secondary N) is 1. The number of likely N-dealkylation sites (N-methyl/N-ethyl adjacent to an activating group) is 1. The zero-order valence-corrected chi connectivity index (χ0v) is 21.8. The first-order chi connectivity index (χ1) is 16.1. The van der Waals surface area contributed by atoms with Crippen LogP contribution < -0.4 is 9.62 Å². The van der Waals surface area contributed by atoms with E-state index in [0.717, 1.165) is 17.4 Å². The number of benzene rings is 2. The summed E-state index contributed by atoms with van der Waals surface area (Å²) in [7, 11) is -3.51. The lowest BCUT2D eigenvalue weighted by atomic mass is 10.1. The fourth-order valence-electron chi connectivity index (χ4n) is 3.71. The highest BCUT2D eigenvalue weighted by atomic mass is 35.5. The van der Waals surface area contributed by atoms with Crippen molar-refractivity contribution in [3.8, 4) is 0 Å². The molecule has 0 aliphatic rings. The number of anilines is 1. The Balaban J connectivity index is 2.18. The van der Waals surface area contributed by atoms with Gasteiger partial charge in [0, 0.05) is 31.1 Å². The maximum atomic E-state index is 13.3. The van der Waals surface area contributed by atoms with Gasteiger partial charge in [0.05, 0.1) is 11.9 Å². The van der Waals surface area contributed by atoms with Crippen molar-refractivity contribution in [1.82, 2.24) is 10.2 Å². The van der Waals surface area contributed by atoms with Crippen molar-refractivity contribution in [3.05, 3.63) is 64.7 Å². The van der Waals surface area contributed by atoms with Gasteiger partial charge in [-0.05, 0) is 56.5 Å². The molecule has 0 saturated heterocycles. The van der Waals surface area contributed by atoms with Crippen molar-refractivity contribution in [2.75, 3.05) is 23.7 Å². The summed E-state index contributed by atoms with van der Waals surface area (Å²) < 4.78 is 26.1. The minimum Gasteiger partial charge on any atom is -0.355 e. The molecule has 0 radical (unpaired) electrons. The van der Waals surface area contributed by atoms with Gasteiger partial charge in [-0.2, -0.15) is 0 Å². The molecule has 34 heavy (non-hydrogen) atoms. The van der Waals surface area contributed by atoms with Crippen molar-refractivity contribution < 1.29 is 18.0 Å². The van der Waals surface area contributed by atoms with Gasteiger partial charge >= 0.3 is 0 Å². The Labute approximate surface area is 208 Å². The maximum absolute atomic E-state index is 13.3. The summed E-state index contributed by atoms with van der Waals surface area (Å²) in [5, 5.41) is 3.40. The number of hydrogen-bond donors (Lipinski definition) is 1. The first-order valence-electron chi connectivity index (χ1n) is 11.4. The van der Waals surface area contributed by atoms with E-state index >= 15 is 0 Å². The van der Waals surface area contributed by atoms with E-state index in [-0.39, 0.29) is 31.3 Å². The van der Waals surface area contributed by atoms with E-state index in [4.69, 9.17) is 11.6 Å². The maximum Gasteiger partial charge on any atom is 0.242 e. The molecule has 1 atom stereocenters. The van der Waals surface area contributed by atoms with E-state index in [0.29, 0.717) is 30.1 Å². The predicted molar refractivity (Wildman–Crippen MR) is 137 cm³/mol. The summed E-state index contributed by atoms with van der Waals surface area (Å²) >= 11 is 5.99. The average Bonchev–Trinajstić information content (AvgIpc) is 2.78. The van der Waals surface area contributed by atoms with Crippen LogP contribution in [-0.2, 0) is 26.2 Å². The Kier molecular flexibility index (Phi) is 10.4. The lowest BCUT2D eigenvalue weighted by Crippen LogP contribution is -2.49. The number of carbonyl (C=O) groups excluding carboxylic acids is 2. The fourth-order valence-corrected chi connectivity index (χ4v) is 4.80. The molecule has 1 N–H and O–H groups in total. The second-order valence-electron chi connectivity index (χ2n) is 8.24. The largest absolute Gasteiger partial charge is 0.355 e. The van der Waals surface area contributed by atoms with Gasteiger partial charge in [0.1, 0.15) is 6.04 Å². The highest BCUT2D eigenvalue weighted by molar-refractivity contribution is 7.92. The minimum atomic E-state index is -3.51. The Morgan fingerprint density at radius 1 is 1.03 bits per heavy atom. The molecule has 0 aliphatic heterocycles. The number of halogens is 1. The van der Waals surface area contributed by atoms with Crippen LogP contribution in [0.3, 0.4) is 0 Å². The van der Waals surface area contributed by atoms with E-state index in [1.807, 2.05) is 45.0 Å². The third-order valence-electron chi connectivity index (χ3n) is 5.48. The predicted octanol–water partition coefficient (Wildman–Crippen LogP) is 4.14. The first kappa shape index (κ1) is 27.7. The van der Waals surface area contributed by atoms with E-state index < -0.39 is 16.1 Å². The van der Waals surface area contributed by atoms with Crippen LogP contribution in [0.25, 0.3) is 0 Å². The van der Waals surface area contributed by atoms with Crippen molar-refractivity contribution in [2.45, 2.75) is 52.6 Å². The standard InChI is InChI=1S/C25H34ClN3O4S/c1-5-23(25(31)27-6-2)28(18-20-11-13-21(26)14-12-20)24(30)8-7-17-29(34(4,32)33)22-15-9-19(3)10-16-22/h9-16,23H,5-8,17-18H2,1-4H3,(H,27,31)/t23-/m1/s1. The molecule has 0 saturated carbocycles. The van der Waals surface area contributed by atoms with Gasteiger partial charge in [-0.25, -0.2) is 8.42 Å². The molecule has 2 rings (SSSR count). The smallest absolute Gasteiger partial charge is 0.242 e. The average molecular weight is 508 g/mol. The molecule has 0 spiro atoms. The molecule has 186 valence electrons. The Bertz CT molecular complexity index is 1060. The molecule has 2 amide bonds. The molecule has 2 aromatic rings. The molecule has 0 aliphatic carbocycles. The van der Waals surface area contributed by atoms with E-state index in [1.54, 1.807) is 29.2 Å². The summed E-state index contributed by atoms with van der Waals surface area (Å²) in [6.45, 7) is 6.53. The third kappa shape index (κ3) is 8.02. The lowest BCUT2D eigenvalue weighted by Gasteiger charge is -2.31. The van der Waals surface area contributed by atoms with Gasteiger partial charge in [0.2, 0.25) is 21.8 Å². The van der Waals surface area contributed by atoms with Crippen LogP contribution in [0.4, 0.5) is 5.69 Å². The highest BCUT2D eigenvalue weighted by Crippen LogP contribution is 2.20. The van der Waals surface area contributed by atoms with Gasteiger partial charge < -0.3 is 10.2 Å².